The Morgan fingerprint density at radius 2 is 0.831 bits per heavy atom. The number of hydrogen-bond donors (Lipinski definition) is 0. The van der Waals surface area contributed by atoms with Crippen molar-refractivity contribution in [1.82, 2.24) is 14.5 Å². The van der Waals surface area contributed by atoms with Crippen molar-refractivity contribution in [3.05, 3.63) is 212 Å². The van der Waals surface area contributed by atoms with Gasteiger partial charge in [-0.05, 0) is 91.3 Å². The van der Waals surface area contributed by atoms with E-state index in [0.29, 0.717) is 0 Å². The van der Waals surface area contributed by atoms with Crippen LogP contribution in [0.25, 0.3) is 115 Å². The Hall–Kier alpha value is -7.88. The van der Waals surface area contributed by atoms with Gasteiger partial charge in [-0.3, -0.25) is 4.98 Å². The molecule has 0 aliphatic heterocycles. The summed E-state index contributed by atoms with van der Waals surface area (Å²) in [6.07, 6.45) is 1.91. The SMILES string of the molecule is c1cc(-c2ccc(-c3ccc(-c4cnc5c6ccccc6c6ccccc6c5n4)cc3)cc2)cc(-c2ccc3c(c2)c2ccccc2n3-c2ccc3ccccc3c2)c1. The minimum absolute atomic E-state index is 0.870. The van der Waals surface area contributed by atoms with Gasteiger partial charge in [0.2, 0.25) is 0 Å². The molecule has 2 aromatic heterocycles. The topological polar surface area (TPSA) is 30.7 Å². The van der Waals surface area contributed by atoms with Crippen molar-refractivity contribution < 1.29 is 0 Å². The second-order valence-corrected chi connectivity index (χ2v) is 15.4. The monoisotopic (exact) mass is 749 g/mol. The van der Waals surface area contributed by atoms with Crippen LogP contribution in [0.5, 0.6) is 0 Å². The first-order chi connectivity index (χ1) is 29.2. The van der Waals surface area contributed by atoms with E-state index in [1.807, 2.05) is 6.20 Å². The average Bonchev–Trinajstić information content (AvgIpc) is 3.65. The molecular weight excluding hydrogens is 715 g/mol. The van der Waals surface area contributed by atoms with Crippen molar-refractivity contribution in [3.63, 3.8) is 0 Å². The van der Waals surface area contributed by atoms with Gasteiger partial charge < -0.3 is 4.57 Å². The first-order valence-corrected chi connectivity index (χ1v) is 20.1. The van der Waals surface area contributed by atoms with Crippen molar-refractivity contribution >= 4 is 65.2 Å². The fourth-order valence-electron chi connectivity index (χ4n) is 9.08. The van der Waals surface area contributed by atoms with Crippen molar-refractivity contribution in [3.8, 4) is 50.3 Å². The smallest absolute Gasteiger partial charge is 0.0979 e. The third kappa shape index (κ3) is 5.51. The van der Waals surface area contributed by atoms with Crippen LogP contribution in [-0.2, 0) is 0 Å². The maximum Gasteiger partial charge on any atom is 0.0979 e. The summed E-state index contributed by atoms with van der Waals surface area (Å²) in [6, 6.07) is 74.4. The Labute approximate surface area is 341 Å². The molecule has 0 fully saturated rings. The average molecular weight is 750 g/mol. The van der Waals surface area contributed by atoms with E-state index < -0.39 is 0 Å². The summed E-state index contributed by atoms with van der Waals surface area (Å²) in [4.78, 5) is 10.2. The summed E-state index contributed by atoms with van der Waals surface area (Å²) in [7, 11) is 0. The van der Waals surface area contributed by atoms with Crippen molar-refractivity contribution in [2.45, 2.75) is 0 Å². The first-order valence-electron chi connectivity index (χ1n) is 20.1. The Balaban J connectivity index is 0.841. The highest BCUT2D eigenvalue weighted by molar-refractivity contribution is 6.23. The zero-order valence-electron chi connectivity index (χ0n) is 32.0. The molecule has 0 N–H and O–H groups in total. The second kappa shape index (κ2) is 13.4. The van der Waals surface area contributed by atoms with Gasteiger partial charge in [-0.25, -0.2) is 4.98 Å². The largest absolute Gasteiger partial charge is 0.309 e. The lowest BCUT2D eigenvalue weighted by Crippen LogP contribution is -1.93. The Bertz CT molecular complexity index is 3560. The van der Waals surface area contributed by atoms with Gasteiger partial charge in [-0.15, -0.1) is 0 Å². The van der Waals surface area contributed by atoms with Gasteiger partial charge >= 0.3 is 0 Å². The molecule has 0 unspecified atom stereocenters. The van der Waals surface area contributed by atoms with Gasteiger partial charge in [0.1, 0.15) is 0 Å². The number of nitrogens with zero attached hydrogens (tertiary/aromatic N) is 3. The molecule has 0 atom stereocenters. The number of para-hydroxylation sites is 1. The van der Waals surface area contributed by atoms with E-state index in [1.54, 1.807) is 0 Å². The first kappa shape index (κ1) is 33.3. The molecule has 0 amide bonds. The van der Waals surface area contributed by atoms with Gasteiger partial charge in [-0.2, -0.15) is 0 Å². The third-order valence-electron chi connectivity index (χ3n) is 12.0. The Morgan fingerprint density at radius 3 is 1.56 bits per heavy atom. The van der Waals surface area contributed by atoms with E-state index in [9.17, 15) is 0 Å². The molecule has 0 saturated heterocycles. The van der Waals surface area contributed by atoms with Crippen LogP contribution >= 0.6 is 0 Å². The maximum atomic E-state index is 5.19. The van der Waals surface area contributed by atoms with Crippen LogP contribution in [0.15, 0.2) is 212 Å². The molecule has 0 bridgehead atoms. The number of rotatable bonds is 5. The quantitative estimate of drug-likeness (QED) is 0.164. The summed E-state index contributed by atoms with van der Waals surface area (Å²) in [5.74, 6) is 0. The normalized spacial score (nSPS) is 11.7. The van der Waals surface area contributed by atoms with E-state index in [-0.39, 0.29) is 0 Å². The fraction of sp³-hybridized carbons (Fsp3) is 0. The van der Waals surface area contributed by atoms with Crippen molar-refractivity contribution in [2.75, 3.05) is 0 Å². The number of fused-ring (bicyclic) bond motifs is 10. The fourth-order valence-corrected chi connectivity index (χ4v) is 9.08. The van der Waals surface area contributed by atoms with Crippen LogP contribution in [0.1, 0.15) is 0 Å². The summed E-state index contributed by atoms with van der Waals surface area (Å²) in [6.45, 7) is 0. The van der Waals surface area contributed by atoms with E-state index >= 15 is 0 Å². The van der Waals surface area contributed by atoms with Gasteiger partial charge in [0, 0.05) is 32.8 Å². The standard InChI is InChI=1S/C56H35N3/c1-2-11-43-33-45(30-28-36(43)10-1)59-53-19-8-7-16-48(53)51-34-44(29-31-54(51)59)42-13-9-12-41(32-42)39-22-20-37(21-23-39)38-24-26-40(27-25-38)52-35-57-55-49-17-5-3-14-46(49)47-15-4-6-18-50(47)56(55)58-52/h1-35H. The number of hydrogen-bond acceptors (Lipinski definition) is 2. The number of benzene rings is 10. The lowest BCUT2D eigenvalue weighted by atomic mass is 9.96. The molecular formula is C56H35N3. The lowest BCUT2D eigenvalue weighted by molar-refractivity contribution is 1.19. The van der Waals surface area contributed by atoms with Crippen LogP contribution in [-0.4, -0.2) is 14.5 Å². The molecule has 12 rings (SSSR count). The number of aromatic nitrogens is 3. The van der Waals surface area contributed by atoms with Crippen LogP contribution in [0.2, 0.25) is 0 Å². The van der Waals surface area contributed by atoms with E-state index in [4.69, 9.17) is 9.97 Å². The van der Waals surface area contributed by atoms with Gasteiger partial charge in [0.05, 0.1) is 34.0 Å². The minimum Gasteiger partial charge on any atom is -0.309 e. The van der Waals surface area contributed by atoms with Crippen LogP contribution in [0.3, 0.4) is 0 Å². The molecule has 59 heavy (non-hydrogen) atoms. The molecule has 0 aliphatic carbocycles. The highest BCUT2D eigenvalue weighted by Crippen LogP contribution is 2.38. The van der Waals surface area contributed by atoms with Gasteiger partial charge in [-0.1, -0.05) is 170 Å². The van der Waals surface area contributed by atoms with Crippen molar-refractivity contribution in [1.29, 1.82) is 0 Å². The molecule has 274 valence electrons. The second-order valence-electron chi connectivity index (χ2n) is 15.4. The van der Waals surface area contributed by atoms with Gasteiger partial charge in [0.25, 0.3) is 0 Å². The summed E-state index contributed by atoms with van der Waals surface area (Å²) >= 11 is 0. The lowest BCUT2D eigenvalue weighted by Gasteiger charge is -2.11. The van der Waals surface area contributed by atoms with Crippen LogP contribution < -0.4 is 0 Å². The molecule has 0 radical (unpaired) electrons. The molecule has 2 heterocycles. The molecule has 10 aromatic carbocycles. The Morgan fingerprint density at radius 1 is 0.305 bits per heavy atom. The molecule has 3 heteroatoms. The molecule has 12 aromatic rings. The minimum atomic E-state index is 0.870. The summed E-state index contributed by atoms with van der Waals surface area (Å²) in [5.41, 5.74) is 14.5. The molecule has 0 saturated carbocycles. The van der Waals surface area contributed by atoms with E-state index in [2.05, 4.69) is 211 Å². The van der Waals surface area contributed by atoms with Crippen molar-refractivity contribution in [2.24, 2.45) is 0 Å². The highest BCUT2D eigenvalue weighted by Gasteiger charge is 2.15. The summed E-state index contributed by atoms with van der Waals surface area (Å²) in [5, 5.41) is 9.66. The predicted octanol–water partition coefficient (Wildman–Crippen LogP) is 14.9. The molecule has 0 aliphatic rings. The third-order valence-corrected chi connectivity index (χ3v) is 12.0. The van der Waals surface area contributed by atoms with Gasteiger partial charge in [0.15, 0.2) is 0 Å². The van der Waals surface area contributed by atoms with Crippen LogP contribution in [0.4, 0.5) is 0 Å². The summed E-state index contributed by atoms with van der Waals surface area (Å²) < 4.78 is 2.40. The predicted molar refractivity (Wildman–Crippen MR) is 248 cm³/mol. The zero-order chi connectivity index (χ0) is 38.9. The zero-order valence-corrected chi connectivity index (χ0v) is 32.0. The van der Waals surface area contributed by atoms with E-state index in [1.165, 1.54) is 76.9 Å². The highest BCUT2D eigenvalue weighted by atomic mass is 15.0. The van der Waals surface area contributed by atoms with E-state index in [0.717, 1.165) is 38.6 Å². The molecule has 0 spiro atoms. The molecule has 3 nitrogen and oxygen atoms in total. The van der Waals surface area contributed by atoms with Crippen LogP contribution in [0, 0.1) is 0 Å². The Kier molecular flexibility index (Phi) is 7.54. The maximum absolute atomic E-state index is 5.19.